The quantitative estimate of drug-likeness (QED) is 0.869. The van der Waals surface area contributed by atoms with Crippen LogP contribution in [0, 0.1) is 0 Å². The van der Waals surface area contributed by atoms with Crippen LogP contribution < -0.4 is 0 Å². The van der Waals surface area contributed by atoms with Gasteiger partial charge in [-0.1, -0.05) is 0 Å². The zero-order valence-corrected chi connectivity index (χ0v) is 12.2. The van der Waals surface area contributed by atoms with Crippen LogP contribution >= 0.6 is 11.3 Å². The zero-order valence-electron chi connectivity index (χ0n) is 11.4. The van der Waals surface area contributed by atoms with Crippen molar-refractivity contribution in [2.24, 2.45) is 0 Å². The first kappa shape index (κ1) is 15.0. The van der Waals surface area contributed by atoms with Crippen molar-refractivity contribution in [1.82, 2.24) is 19.9 Å². The molecule has 7 nitrogen and oxygen atoms in total. The molecule has 2 rings (SSSR count). The third kappa shape index (κ3) is 3.82. The van der Waals surface area contributed by atoms with Gasteiger partial charge in [0.15, 0.2) is 10.8 Å². The predicted molar refractivity (Wildman–Crippen MR) is 77.0 cm³/mol. The van der Waals surface area contributed by atoms with Gasteiger partial charge in [0.25, 0.3) is 5.91 Å². The van der Waals surface area contributed by atoms with Crippen molar-refractivity contribution in [1.29, 1.82) is 0 Å². The Labute approximate surface area is 125 Å². The standard InChI is InChI=1S/C13H14N4O3S/c1-2-17(7-4-10(18)19)13(20)9-8-16-12(21-9)11-14-5-3-6-15-11/h3,5-6,8H,2,4,7H2,1H3,(H,18,19). The maximum Gasteiger partial charge on any atom is 0.305 e. The molecule has 0 fully saturated rings. The molecule has 0 aromatic carbocycles. The Bertz CT molecular complexity index is 629. The van der Waals surface area contributed by atoms with Gasteiger partial charge in [-0.3, -0.25) is 9.59 Å². The SMILES string of the molecule is CCN(CCC(=O)O)C(=O)c1cnc(-c2ncccn2)s1. The van der Waals surface area contributed by atoms with Gasteiger partial charge in [0.1, 0.15) is 4.88 Å². The van der Waals surface area contributed by atoms with E-state index < -0.39 is 5.97 Å². The molecule has 1 N–H and O–H groups in total. The number of nitrogens with zero attached hydrogens (tertiary/aromatic N) is 4. The molecule has 0 atom stereocenters. The Kier molecular flexibility index (Phi) is 4.94. The number of amides is 1. The topological polar surface area (TPSA) is 96.3 Å². The summed E-state index contributed by atoms with van der Waals surface area (Å²) < 4.78 is 0. The smallest absolute Gasteiger partial charge is 0.305 e. The normalized spacial score (nSPS) is 10.3. The molecule has 2 heterocycles. The van der Waals surface area contributed by atoms with Crippen molar-refractivity contribution in [2.75, 3.05) is 13.1 Å². The second kappa shape index (κ2) is 6.89. The number of carbonyl (C=O) groups is 2. The molecule has 8 heteroatoms. The largest absolute Gasteiger partial charge is 0.481 e. The van der Waals surface area contributed by atoms with Gasteiger partial charge in [0, 0.05) is 25.5 Å². The average Bonchev–Trinajstić information content (AvgIpc) is 2.98. The molecule has 0 radical (unpaired) electrons. The lowest BCUT2D eigenvalue weighted by molar-refractivity contribution is -0.137. The van der Waals surface area contributed by atoms with Gasteiger partial charge >= 0.3 is 5.97 Å². The van der Waals surface area contributed by atoms with Gasteiger partial charge in [-0.2, -0.15) is 0 Å². The minimum absolute atomic E-state index is 0.0764. The third-order valence-corrected chi connectivity index (χ3v) is 3.72. The fourth-order valence-corrected chi connectivity index (χ4v) is 2.51. The number of aliphatic carboxylic acids is 1. The molecule has 0 aliphatic carbocycles. The van der Waals surface area contributed by atoms with Gasteiger partial charge < -0.3 is 10.0 Å². The first-order valence-electron chi connectivity index (χ1n) is 6.36. The Balaban J connectivity index is 2.12. The van der Waals surface area contributed by atoms with Gasteiger partial charge in [0.2, 0.25) is 0 Å². The summed E-state index contributed by atoms with van der Waals surface area (Å²) in [6.07, 6.45) is 4.61. The van der Waals surface area contributed by atoms with E-state index in [1.165, 1.54) is 22.4 Å². The molecule has 0 bridgehead atoms. The molecular formula is C13H14N4O3S. The number of hydrogen-bond donors (Lipinski definition) is 1. The van der Waals surface area contributed by atoms with E-state index in [0.717, 1.165) is 0 Å². The maximum absolute atomic E-state index is 12.3. The summed E-state index contributed by atoms with van der Waals surface area (Å²) in [4.78, 5) is 37.1. The highest BCUT2D eigenvalue weighted by Gasteiger charge is 2.19. The van der Waals surface area contributed by atoms with E-state index in [1.54, 1.807) is 18.5 Å². The lowest BCUT2D eigenvalue weighted by atomic mass is 10.3. The van der Waals surface area contributed by atoms with Crippen molar-refractivity contribution >= 4 is 23.2 Å². The summed E-state index contributed by atoms with van der Waals surface area (Å²) >= 11 is 1.20. The van der Waals surface area contributed by atoms with E-state index >= 15 is 0 Å². The minimum atomic E-state index is -0.927. The van der Waals surface area contributed by atoms with Crippen LogP contribution in [0.3, 0.4) is 0 Å². The lowest BCUT2D eigenvalue weighted by Crippen LogP contribution is -2.32. The highest BCUT2D eigenvalue weighted by atomic mass is 32.1. The first-order chi connectivity index (χ1) is 10.1. The van der Waals surface area contributed by atoms with Gasteiger partial charge in [-0.15, -0.1) is 11.3 Å². The van der Waals surface area contributed by atoms with Crippen LogP contribution in [0.25, 0.3) is 10.8 Å². The molecular weight excluding hydrogens is 292 g/mol. The van der Waals surface area contributed by atoms with Gasteiger partial charge in [-0.05, 0) is 13.0 Å². The fraction of sp³-hybridized carbons (Fsp3) is 0.308. The van der Waals surface area contributed by atoms with Crippen LogP contribution in [0.4, 0.5) is 0 Å². The van der Waals surface area contributed by atoms with E-state index in [4.69, 9.17) is 5.11 Å². The van der Waals surface area contributed by atoms with Crippen molar-refractivity contribution in [2.45, 2.75) is 13.3 Å². The maximum atomic E-state index is 12.3. The van der Waals surface area contributed by atoms with Crippen LogP contribution in [0.15, 0.2) is 24.7 Å². The molecule has 0 saturated heterocycles. The van der Waals surface area contributed by atoms with E-state index in [-0.39, 0.29) is 18.9 Å². The van der Waals surface area contributed by atoms with E-state index in [1.807, 2.05) is 6.92 Å². The summed E-state index contributed by atoms with van der Waals surface area (Å²) in [5, 5.41) is 9.26. The van der Waals surface area contributed by atoms with Crippen LogP contribution in [-0.4, -0.2) is 49.9 Å². The molecule has 0 unspecified atom stereocenters. The summed E-state index contributed by atoms with van der Waals surface area (Å²) in [6.45, 7) is 2.43. The third-order valence-electron chi connectivity index (χ3n) is 2.74. The van der Waals surface area contributed by atoms with Crippen LogP contribution in [0.5, 0.6) is 0 Å². The summed E-state index contributed by atoms with van der Waals surface area (Å²) in [6, 6.07) is 1.70. The Hall–Kier alpha value is -2.35. The molecule has 110 valence electrons. The van der Waals surface area contributed by atoms with Gasteiger partial charge in [-0.25, -0.2) is 15.0 Å². The van der Waals surface area contributed by atoms with Crippen LogP contribution in [-0.2, 0) is 4.79 Å². The number of thiazole rings is 1. The van der Waals surface area contributed by atoms with Crippen LogP contribution in [0.1, 0.15) is 23.0 Å². The van der Waals surface area contributed by atoms with E-state index in [2.05, 4.69) is 15.0 Å². The lowest BCUT2D eigenvalue weighted by Gasteiger charge is -2.18. The molecule has 0 saturated carbocycles. The van der Waals surface area contributed by atoms with Crippen molar-refractivity contribution in [3.05, 3.63) is 29.5 Å². The van der Waals surface area contributed by atoms with Crippen molar-refractivity contribution in [3.63, 3.8) is 0 Å². The zero-order chi connectivity index (χ0) is 15.2. The van der Waals surface area contributed by atoms with Crippen molar-refractivity contribution in [3.8, 4) is 10.8 Å². The number of carboxylic acid groups (broad SMARTS) is 1. The Morgan fingerprint density at radius 2 is 2.00 bits per heavy atom. The molecule has 1 amide bonds. The predicted octanol–water partition coefficient (Wildman–Crippen LogP) is 1.54. The number of carbonyl (C=O) groups excluding carboxylic acids is 1. The molecule has 2 aromatic heterocycles. The Morgan fingerprint density at radius 3 is 2.62 bits per heavy atom. The second-order valence-corrected chi connectivity index (χ2v) is 5.16. The van der Waals surface area contributed by atoms with Gasteiger partial charge in [0.05, 0.1) is 12.6 Å². The summed E-state index contributed by atoms with van der Waals surface area (Å²) in [5.41, 5.74) is 0. The average molecular weight is 306 g/mol. The summed E-state index contributed by atoms with van der Waals surface area (Å²) in [5.74, 6) is -0.683. The minimum Gasteiger partial charge on any atom is -0.481 e. The molecule has 0 spiro atoms. The fourth-order valence-electron chi connectivity index (χ4n) is 1.68. The number of carboxylic acids is 1. The summed E-state index contributed by atoms with van der Waals surface area (Å²) in [7, 11) is 0. The first-order valence-corrected chi connectivity index (χ1v) is 7.17. The molecule has 0 aliphatic heterocycles. The molecule has 21 heavy (non-hydrogen) atoms. The Morgan fingerprint density at radius 1 is 1.29 bits per heavy atom. The van der Waals surface area contributed by atoms with Crippen molar-refractivity contribution < 1.29 is 14.7 Å². The van der Waals surface area contributed by atoms with E-state index in [0.29, 0.717) is 22.3 Å². The number of aromatic nitrogens is 3. The number of rotatable bonds is 6. The number of hydrogen-bond acceptors (Lipinski definition) is 6. The monoisotopic (exact) mass is 306 g/mol. The second-order valence-electron chi connectivity index (χ2n) is 4.13. The highest BCUT2D eigenvalue weighted by Crippen LogP contribution is 2.22. The highest BCUT2D eigenvalue weighted by molar-refractivity contribution is 7.16. The molecule has 0 aliphatic rings. The van der Waals surface area contributed by atoms with E-state index in [9.17, 15) is 9.59 Å². The van der Waals surface area contributed by atoms with Crippen LogP contribution in [0.2, 0.25) is 0 Å². The molecule has 2 aromatic rings.